The molecule has 0 bridgehead atoms. The number of rotatable bonds is 10. The summed E-state index contributed by atoms with van der Waals surface area (Å²) in [5.41, 5.74) is 3.92. The number of amides is 2. The van der Waals surface area contributed by atoms with Crippen LogP contribution in [0.4, 0.5) is 0 Å². The van der Waals surface area contributed by atoms with Crippen molar-refractivity contribution in [2.24, 2.45) is 17.8 Å². The number of aliphatic hydroxyl groups is 2. The molecule has 4 atom stereocenters. The summed E-state index contributed by atoms with van der Waals surface area (Å²) in [6.07, 6.45) is 10.5. The number of aliphatic hydroxyl groups excluding tert-OH is 2. The Hall–Kier alpha value is -2.44. The molecule has 1 aromatic carbocycles. The van der Waals surface area contributed by atoms with E-state index in [9.17, 15) is 24.9 Å². The fraction of sp³-hybridized carbons (Fsp3) is 0.613. The second-order valence-corrected chi connectivity index (χ2v) is 11.1. The Labute approximate surface area is 221 Å². The van der Waals surface area contributed by atoms with E-state index >= 15 is 0 Å². The lowest BCUT2D eigenvalue weighted by molar-refractivity contribution is -0.143. The van der Waals surface area contributed by atoms with Crippen LogP contribution < -0.4 is 0 Å². The number of phenolic OH excluding ortho intramolecular Hbond substituents is 1. The van der Waals surface area contributed by atoms with Crippen LogP contribution in [0, 0.1) is 17.8 Å². The Bertz CT molecular complexity index is 1040. The molecule has 0 spiro atoms. The first kappa shape index (κ1) is 27.6. The number of aromatic hydroxyl groups is 1. The van der Waals surface area contributed by atoms with Crippen LogP contribution in [-0.2, 0) is 9.59 Å². The standard InChI is InChI=1S/C31H43NO5/c1-3-9-20(16-21-10-8-13-24(34)17-21)14-15-27(35)28-22(4-2)18-25-29(26(28)19-33)31(37)32(30(25)36)23-11-6-5-7-12-23/h8,10,13,16-17,23,25-27,29,33-35H,3-7,9,11-12,14-15,18-19H2,1-2H3/b20-16+/t25-,26+,27-,29-/m1/s1. The van der Waals surface area contributed by atoms with Crippen molar-refractivity contribution in [1.29, 1.82) is 0 Å². The second kappa shape index (κ2) is 12.4. The maximum absolute atomic E-state index is 13.6. The van der Waals surface area contributed by atoms with Crippen molar-refractivity contribution < 1.29 is 24.9 Å². The monoisotopic (exact) mass is 509 g/mol. The van der Waals surface area contributed by atoms with Crippen molar-refractivity contribution in [3.05, 3.63) is 46.5 Å². The van der Waals surface area contributed by atoms with E-state index in [0.717, 1.165) is 61.7 Å². The van der Waals surface area contributed by atoms with Gasteiger partial charge in [-0.2, -0.15) is 0 Å². The Morgan fingerprint density at radius 3 is 2.51 bits per heavy atom. The van der Waals surface area contributed by atoms with Crippen molar-refractivity contribution in [2.75, 3.05) is 6.61 Å². The van der Waals surface area contributed by atoms with Gasteiger partial charge in [0, 0.05) is 12.0 Å². The largest absolute Gasteiger partial charge is 0.508 e. The first-order valence-electron chi connectivity index (χ1n) is 14.3. The molecule has 1 saturated carbocycles. The third-order valence-corrected chi connectivity index (χ3v) is 8.69. The van der Waals surface area contributed by atoms with Gasteiger partial charge >= 0.3 is 0 Å². The van der Waals surface area contributed by atoms with Gasteiger partial charge in [-0.1, -0.05) is 68.9 Å². The van der Waals surface area contributed by atoms with Gasteiger partial charge in [-0.25, -0.2) is 0 Å². The first-order chi connectivity index (χ1) is 17.9. The molecule has 1 heterocycles. The van der Waals surface area contributed by atoms with E-state index in [1.165, 1.54) is 10.5 Å². The van der Waals surface area contributed by atoms with Gasteiger partial charge in [-0.15, -0.1) is 0 Å². The van der Waals surface area contributed by atoms with Crippen LogP contribution in [0.1, 0.15) is 90.0 Å². The van der Waals surface area contributed by atoms with Crippen LogP contribution in [0.5, 0.6) is 5.75 Å². The smallest absolute Gasteiger partial charge is 0.234 e. The highest BCUT2D eigenvalue weighted by Gasteiger charge is 2.56. The van der Waals surface area contributed by atoms with Crippen molar-refractivity contribution in [2.45, 2.75) is 96.6 Å². The minimum absolute atomic E-state index is 0.0173. The number of carbonyl (C=O) groups excluding carboxylic acids is 2. The quantitative estimate of drug-likeness (QED) is 0.291. The minimum atomic E-state index is -0.774. The third kappa shape index (κ3) is 5.85. The fourth-order valence-electron chi connectivity index (χ4n) is 6.94. The highest BCUT2D eigenvalue weighted by atomic mass is 16.3. The number of fused-ring (bicyclic) bond motifs is 1. The number of nitrogens with zero attached hydrogens (tertiary/aromatic N) is 1. The number of carbonyl (C=O) groups is 2. The second-order valence-electron chi connectivity index (χ2n) is 11.1. The maximum Gasteiger partial charge on any atom is 0.234 e. The lowest BCUT2D eigenvalue weighted by Crippen LogP contribution is -2.42. The molecular weight excluding hydrogens is 466 g/mol. The van der Waals surface area contributed by atoms with Crippen molar-refractivity contribution in [3.8, 4) is 5.75 Å². The van der Waals surface area contributed by atoms with E-state index in [1.54, 1.807) is 12.1 Å². The van der Waals surface area contributed by atoms with Crippen LogP contribution >= 0.6 is 0 Å². The number of likely N-dealkylation sites (tertiary alicyclic amines) is 1. The number of allylic oxidation sites excluding steroid dienone is 2. The summed E-state index contributed by atoms with van der Waals surface area (Å²) < 4.78 is 0. The molecule has 1 saturated heterocycles. The van der Waals surface area contributed by atoms with Gasteiger partial charge in [0.1, 0.15) is 5.75 Å². The Morgan fingerprint density at radius 2 is 1.86 bits per heavy atom. The Balaban J connectivity index is 1.54. The third-order valence-electron chi connectivity index (χ3n) is 8.69. The zero-order chi connectivity index (χ0) is 26.5. The predicted molar refractivity (Wildman–Crippen MR) is 144 cm³/mol. The Kier molecular flexibility index (Phi) is 9.25. The summed E-state index contributed by atoms with van der Waals surface area (Å²) in [5, 5.41) is 31.8. The van der Waals surface area contributed by atoms with Crippen LogP contribution in [0.3, 0.4) is 0 Å². The highest BCUT2D eigenvalue weighted by Crippen LogP contribution is 2.48. The van der Waals surface area contributed by atoms with E-state index in [0.29, 0.717) is 25.7 Å². The zero-order valence-corrected chi connectivity index (χ0v) is 22.4. The van der Waals surface area contributed by atoms with Crippen molar-refractivity contribution >= 4 is 17.9 Å². The van der Waals surface area contributed by atoms with Crippen molar-refractivity contribution in [3.63, 3.8) is 0 Å². The number of hydrogen-bond donors (Lipinski definition) is 3. The van der Waals surface area contributed by atoms with Gasteiger partial charge in [0.25, 0.3) is 0 Å². The molecule has 0 unspecified atom stereocenters. The molecule has 6 heteroatoms. The van der Waals surface area contributed by atoms with E-state index in [2.05, 4.69) is 13.0 Å². The molecular formula is C31H43NO5. The average molecular weight is 510 g/mol. The molecule has 3 aliphatic rings. The van der Waals surface area contributed by atoms with Gasteiger partial charge in [0.05, 0.1) is 24.5 Å². The molecule has 2 amide bonds. The number of benzene rings is 1. The molecule has 0 aromatic heterocycles. The predicted octanol–water partition coefficient (Wildman–Crippen LogP) is 5.37. The molecule has 1 aromatic rings. The van der Waals surface area contributed by atoms with Crippen LogP contribution in [-0.4, -0.2) is 50.8 Å². The summed E-state index contributed by atoms with van der Waals surface area (Å²) in [4.78, 5) is 28.6. The topological polar surface area (TPSA) is 98.1 Å². The van der Waals surface area contributed by atoms with Gasteiger partial charge < -0.3 is 15.3 Å². The minimum Gasteiger partial charge on any atom is -0.508 e. The summed E-state index contributed by atoms with van der Waals surface area (Å²) in [7, 11) is 0. The summed E-state index contributed by atoms with van der Waals surface area (Å²) >= 11 is 0. The van der Waals surface area contributed by atoms with Crippen LogP contribution in [0.15, 0.2) is 41.0 Å². The normalized spacial score (nSPS) is 26.1. The van der Waals surface area contributed by atoms with E-state index in [1.807, 2.05) is 19.1 Å². The average Bonchev–Trinajstić information content (AvgIpc) is 3.15. The van der Waals surface area contributed by atoms with Gasteiger partial charge in [0.15, 0.2) is 0 Å². The summed E-state index contributed by atoms with van der Waals surface area (Å²) in [6.45, 7) is 3.91. The number of hydrogen-bond acceptors (Lipinski definition) is 5. The first-order valence-corrected chi connectivity index (χ1v) is 14.3. The van der Waals surface area contributed by atoms with Gasteiger partial charge in [0.2, 0.25) is 11.8 Å². The molecule has 0 radical (unpaired) electrons. The van der Waals surface area contributed by atoms with E-state index in [4.69, 9.17) is 0 Å². The molecule has 4 rings (SSSR count). The zero-order valence-electron chi connectivity index (χ0n) is 22.4. The van der Waals surface area contributed by atoms with Crippen molar-refractivity contribution in [1.82, 2.24) is 4.90 Å². The van der Waals surface area contributed by atoms with E-state index in [-0.39, 0.29) is 30.2 Å². The SMILES string of the molecule is CCC/C(=C\c1cccc(O)c1)CC[C@@H](O)C1=C(CC)C[C@H]2C(=O)N(C3CCCCC3)C(=O)[C@H]2[C@H]1CO. The molecule has 202 valence electrons. The summed E-state index contributed by atoms with van der Waals surface area (Å²) in [6, 6.07) is 7.13. The number of imide groups is 1. The molecule has 1 aliphatic heterocycles. The van der Waals surface area contributed by atoms with Gasteiger partial charge in [-0.3, -0.25) is 14.5 Å². The molecule has 6 nitrogen and oxygen atoms in total. The van der Waals surface area contributed by atoms with Crippen LogP contribution in [0.25, 0.3) is 6.08 Å². The van der Waals surface area contributed by atoms with E-state index < -0.39 is 23.9 Å². The molecule has 37 heavy (non-hydrogen) atoms. The molecule has 3 N–H and O–H groups in total. The molecule has 2 fully saturated rings. The Morgan fingerprint density at radius 1 is 1.11 bits per heavy atom. The lowest BCUT2D eigenvalue weighted by Gasteiger charge is -2.36. The fourth-order valence-corrected chi connectivity index (χ4v) is 6.94. The van der Waals surface area contributed by atoms with Gasteiger partial charge in [-0.05, 0) is 68.2 Å². The maximum atomic E-state index is 13.6. The van der Waals surface area contributed by atoms with Crippen LogP contribution in [0.2, 0.25) is 0 Å². The number of phenols is 1. The summed E-state index contributed by atoms with van der Waals surface area (Å²) in [5.74, 6) is -1.49. The lowest BCUT2D eigenvalue weighted by atomic mass is 9.67. The highest BCUT2D eigenvalue weighted by molar-refractivity contribution is 6.06. The molecule has 2 aliphatic carbocycles.